The molecule has 0 saturated heterocycles. The highest BCUT2D eigenvalue weighted by Crippen LogP contribution is 2.30. The van der Waals surface area contributed by atoms with Crippen LogP contribution < -0.4 is 20.2 Å². The number of hydrazone groups is 1. The number of carbonyl (C=O) groups excluding carboxylic acids is 2. The highest BCUT2D eigenvalue weighted by molar-refractivity contribution is 6.44. The molecule has 0 saturated carbocycles. The van der Waals surface area contributed by atoms with Crippen molar-refractivity contribution in [1.82, 2.24) is 5.43 Å². The molecule has 2 amide bonds. The summed E-state index contributed by atoms with van der Waals surface area (Å²) >= 11 is 11.9. The number of hydrogen-bond acceptors (Lipinski definition) is 5. The lowest BCUT2D eigenvalue weighted by molar-refractivity contribution is -0.126. The van der Waals surface area contributed by atoms with Crippen LogP contribution in [0, 0.1) is 0 Å². The quantitative estimate of drug-likeness (QED) is 0.269. The number of halogens is 2. The summed E-state index contributed by atoms with van der Waals surface area (Å²) in [6, 6.07) is 10.0. The number of amides is 2. The van der Waals surface area contributed by atoms with Gasteiger partial charge in [0.15, 0.2) is 11.5 Å². The van der Waals surface area contributed by atoms with Gasteiger partial charge in [-0.1, -0.05) is 48.0 Å². The molecule has 0 aromatic heterocycles. The zero-order valence-electron chi connectivity index (χ0n) is 15.6. The molecule has 9 heteroatoms. The SMILES string of the molecule is C=CCOc1c(C=NNC(=O)CC(=O)Nc2cccc(Cl)c2Cl)cccc1OC. The lowest BCUT2D eigenvalue weighted by Gasteiger charge is -2.11. The largest absolute Gasteiger partial charge is 0.493 e. The van der Waals surface area contributed by atoms with Crippen LogP contribution in [0.5, 0.6) is 11.5 Å². The molecular weight excluding hydrogens is 417 g/mol. The number of methoxy groups -OCH3 is 1. The first-order valence-corrected chi connectivity index (χ1v) is 9.18. The van der Waals surface area contributed by atoms with E-state index < -0.39 is 18.2 Å². The van der Waals surface area contributed by atoms with Crippen molar-refractivity contribution < 1.29 is 19.1 Å². The average Bonchev–Trinajstić information content (AvgIpc) is 2.70. The standard InChI is InChI=1S/C20H19Cl2N3O4/c1-3-10-29-20-13(6-4-9-16(20)28-2)12-23-25-18(27)11-17(26)24-15-8-5-7-14(21)19(15)22/h3-9,12H,1,10-11H2,2H3,(H,24,26)(H,25,27). The number of nitrogens with zero attached hydrogens (tertiary/aromatic N) is 1. The Morgan fingerprint density at radius 1 is 1.17 bits per heavy atom. The average molecular weight is 436 g/mol. The third-order valence-corrected chi connectivity index (χ3v) is 4.33. The number of anilines is 1. The first-order valence-electron chi connectivity index (χ1n) is 8.42. The van der Waals surface area contributed by atoms with Crippen molar-refractivity contribution in [3.63, 3.8) is 0 Å². The number of rotatable bonds is 9. The molecule has 0 fully saturated rings. The predicted octanol–water partition coefficient (Wildman–Crippen LogP) is 4.05. The molecule has 0 unspecified atom stereocenters. The van der Waals surface area contributed by atoms with E-state index in [1.54, 1.807) is 42.5 Å². The van der Waals surface area contributed by atoms with E-state index in [9.17, 15) is 9.59 Å². The third-order valence-electron chi connectivity index (χ3n) is 3.51. The van der Waals surface area contributed by atoms with E-state index in [1.165, 1.54) is 13.3 Å². The fourth-order valence-corrected chi connectivity index (χ4v) is 2.59. The highest BCUT2D eigenvalue weighted by Gasteiger charge is 2.12. The topological polar surface area (TPSA) is 89.0 Å². The lowest BCUT2D eigenvalue weighted by atomic mass is 10.2. The molecule has 29 heavy (non-hydrogen) atoms. The number of hydrogen-bond donors (Lipinski definition) is 2. The zero-order valence-corrected chi connectivity index (χ0v) is 17.1. The Morgan fingerprint density at radius 2 is 1.93 bits per heavy atom. The van der Waals surface area contributed by atoms with E-state index >= 15 is 0 Å². The van der Waals surface area contributed by atoms with Crippen LogP contribution in [0.4, 0.5) is 5.69 Å². The monoisotopic (exact) mass is 435 g/mol. The first kappa shape index (κ1) is 22.3. The molecule has 0 aliphatic rings. The summed E-state index contributed by atoms with van der Waals surface area (Å²) in [7, 11) is 1.52. The van der Waals surface area contributed by atoms with Crippen LogP contribution in [0.2, 0.25) is 10.0 Å². The molecule has 2 N–H and O–H groups in total. The molecular formula is C20H19Cl2N3O4. The van der Waals surface area contributed by atoms with Gasteiger partial charge in [-0.3, -0.25) is 9.59 Å². The van der Waals surface area contributed by atoms with Gasteiger partial charge in [-0.25, -0.2) is 5.43 Å². The smallest absolute Gasteiger partial charge is 0.249 e. The van der Waals surface area contributed by atoms with Crippen LogP contribution in [0.1, 0.15) is 12.0 Å². The maximum Gasteiger partial charge on any atom is 0.249 e. The molecule has 0 atom stereocenters. The molecule has 0 bridgehead atoms. The fourth-order valence-electron chi connectivity index (χ4n) is 2.25. The van der Waals surface area contributed by atoms with Gasteiger partial charge in [0.25, 0.3) is 0 Å². The van der Waals surface area contributed by atoms with Crippen molar-refractivity contribution in [2.75, 3.05) is 19.0 Å². The van der Waals surface area contributed by atoms with Gasteiger partial charge in [0.05, 0.1) is 29.1 Å². The van der Waals surface area contributed by atoms with Crippen LogP contribution in [0.15, 0.2) is 54.2 Å². The van der Waals surface area contributed by atoms with E-state index in [-0.39, 0.29) is 11.6 Å². The molecule has 2 rings (SSSR count). The Hall–Kier alpha value is -3.03. The molecule has 0 spiro atoms. The summed E-state index contributed by atoms with van der Waals surface area (Å²) in [5, 5.41) is 6.89. The van der Waals surface area contributed by atoms with E-state index in [4.69, 9.17) is 32.7 Å². The minimum absolute atomic E-state index is 0.200. The van der Waals surface area contributed by atoms with Gasteiger partial charge in [0, 0.05) is 5.56 Å². The van der Waals surface area contributed by atoms with Crippen molar-refractivity contribution in [3.8, 4) is 11.5 Å². The number of nitrogens with one attached hydrogen (secondary N) is 2. The van der Waals surface area contributed by atoms with Crippen molar-refractivity contribution in [1.29, 1.82) is 0 Å². The first-order chi connectivity index (χ1) is 14.0. The van der Waals surface area contributed by atoms with Crippen LogP contribution in [-0.2, 0) is 9.59 Å². The second-order valence-corrected chi connectivity index (χ2v) is 6.38. The molecule has 2 aromatic rings. The summed E-state index contributed by atoms with van der Waals surface area (Å²) in [5.41, 5.74) is 3.19. The summed E-state index contributed by atoms with van der Waals surface area (Å²) < 4.78 is 10.8. The Morgan fingerprint density at radius 3 is 2.66 bits per heavy atom. The van der Waals surface area contributed by atoms with Gasteiger partial charge in [0.1, 0.15) is 13.0 Å². The number of para-hydroxylation sites is 1. The number of carbonyl (C=O) groups is 2. The second kappa shape index (κ2) is 11.1. The maximum absolute atomic E-state index is 12.0. The van der Waals surface area contributed by atoms with Crippen LogP contribution in [0.3, 0.4) is 0 Å². The van der Waals surface area contributed by atoms with Gasteiger partial charge in [0.2, 0.25) is 11.8 Å². The predicted molar refractivity (Wildman–Crippen MR) is 114 cm³/mol. The van der Waals surface area contributed by atoms with Gasteiger partial charge >= 0.3 is 0 Å². The molecule has 152 valence electrons. The second-order valence-electron chi connectivity index (χ2n) is 5.60. The number of ether oxygens (including phenoxy) is 2. The third kappa shape index (κ3) is 6.51. The van der Waals surface area contributed by atoms with Gasteiger partial charge < -0.3 is 14.8 Å². The van der Waals surface area contributed by atoms with Crippen LogP contribution in [0.25, 0.3) is 0 Å². The normalized spacial score (nSPS) is 10.4. The van der Waals surface area contributed by atoms with Crippen molar-refractivity contribution >= 4 is 46.9 Å². The van der Waals surface area contributed by atoms with Gasteiger partial charge in [-0.15, -0.1) is 0 Å². The maximum atomic E-state index is 12.0. The van der Waals surface area contributed by atoms with Crippen molar-refractivity contribution in [3.05, 3.63) is 64.7 Å². The lowest BCUT2D eigenvalue weighted by Crippen LogP contribution is -2.24. The summed E-state index contributed by atoms with van der Waals surface area (Å²) in [5.74, 6) is -0.187. The molecule has 0 aliphatic heterocycles. The molecule has 2 aromatic carbocycles. The van der Waals surface area contributed by atoms with Gasteiger partial charge in [-0.2, -0.15) is 5.10 Å². The van der Waals surface area contributed by atoms with E-state index in [2.05, 4.69) is 22.4 Å². The van der Waals surface area contributed by atoms with Crippen molar-refractivity contribution in [2.24, 2.45) is 5.10 Å². The molecule has 0 aliphatic carbocycles. The Kier molecular flexibility index (Phi) is 8.51. The van der Waals surface area contributed by atoms with Crippen LogP contribution in [-0.4, -0.2) is 31.7 Å². The van der Waals surface area contributed by atoms with Crippen LogP contribution >= 0.6 is 23.2 Å². The van der Waals surface area contributed by atoms with Gasteiger partial charge in [-0.05, 0) is 24.3 Å². The summed E-state index contributed by atoms with van der Waals surface area (Å²) in [4.78, 5) is 24.0. The molecule has 0 heterocycles. The number of benzene rings is 2. The molecule has 0 radical (unpaired) electrons. The highest BCUT2D eigenvalue weighted by atomic mass is 35.5. The van der Waals surface area contributed by atoms with E-state index in [0.29, 0.717) is 27.8 Å². The van der Waals surface area contributed by atoms with Crippen molar-refractivity contribution in [2.45, 2.75) is 6.42 Å². The fraction of sp³-hybridized carbons (Fsp3) is 0.150. The van der Waals surface area contributed by atoms with E-state index in [0.717, 1.165) is 0 Å². The van der Waals surface area contributed by atoms with E-state index in [1.807, 2.05) is 0 Å². The Bertz CT molecular complexity index is 932. The summed E-state index contributed by atoms with van der Waals surface area (Å²) in [6.45, 7) is 3.88. The zero-order chi connectivity index (χ0) is 21.2. The minimum Gasteiger partial charge on any atom is -0.493 e. The minimum atomic E-state index is -0.603. The molecule has 7 nitrogen and oxygen atoms in total. The Labute approximate surface area is 178 Å². The Balaban J connectivity index is 1.96. The summed E-state index contributed by atoms with van der Waals surface area (Å²) in [6.07, 6.45) is 2.54.